The smallest absolute Gasteiger partial charge is 0.180 e. The lowest BCUT2D eigenvalue weighted by Crippen LogP contribution is -1.92. The van der Waals surface area contributed by atoms with E-state index in [1.54, 1.807) is 7.11 Å². The first-order chi connectivity index (χ1) is 9.35. The minimum Gasteiger partial charge on any atom is -0.493 e. The first-order valence-electron chi connectivity index (χ1n) is 6.44. The van der Waals surface area contributed by atoms with E-state index in [0.717, 1.165) is 29.2 Å². The van der Waals surface area contributed by atoms with Crippen molar-refractivity contribution < 1.29 is 4.74 Å². The Balaban J connectivity index is 2.34. The number of ether oxygens (including phenoxy) is 1. The minimum atomic E-state index is 0.805. The van der Waals surface area contributed by atoms with Crippen LogP contribution in [0.25, 0.3) is 16.9 Å². The van der Waals surface area contributed by atoms with E-state index in [0.29, 0.717) is 0 Å². The molecule has 0 bridgehead atoms. The zero-order valence-electron chi connectivity index (χ0n) is 11.1. The topological polar surface area (TPSA) is 26.5 Å². The third-order valence-electron chi connectivity index (χ3n) is 3.29. The summed E-state index contributed by atoms with van der Waals surface area (Å²) in [5.74, 6) is 0.805. The van der Waals surface area contributed by atoms with Gasteiger partial charge in [0.2, 0.25) is 0 Å². The number of nitrogens with zero attached hydrogens (tertiary/aromatic N) is 2. The van der Waals surface area contributed by atoms with Crippen molar-refractivity contribution in [2.75, 3.05) is 7.11 Å². The second-order valence-corrected chi connectivity index (χ2v) is 4.40. The van der Waals surface area contributed by atoms with E-state index in [-0.39, 0.29) is 0 Å². The normalized spacial score (nSPS) is 10.8. The summed E-state index contributed by atoms with van der Waals surface area (Å²) in [5, 5.41) is 0. The fourth-order valence-electron chi connectivity index (χ4n) is 2.40. The molecule has 0 atom stereocenters. The molecule has 2 heterocycles. The summed E-state index contributed by atoms with van der Waals surface area (Å²) in [6, 6.07) is 14.3. The second kappa shape index (κ2) is 4.76. The average Bonchev–Trinajstić information content (AvgIpc) is 2.86. The van der Waals surface area contributed by atoms with Crippen LogP contribution in [0.4, 0.5) is 0 Å². The van der Waals surface area contributed by atoms with Gasteiger partial charge in [-0.05, 0) is 18.6 Å². The predicted octanol–water partition coefficient (Wildman–Crippen LogP) is 3.57. The molecule has 0 saturated carbocycles. The Morgan fingerprint density at radius 3 is 2.58 bits per heavy atom. The highest BCUT2D eigenvalue weighted by Crippen LogP contribution is 2.29. The number of hydrogen-bond donors (Lipinski definition) is 0. The molecule has 3 heteroatoms. The minimum absolute atomic E-state index is 0.805. The Hall–Kier alpha value is -2.29. The van der Waals surface area contributed by atoms with Crippen molar-refractivity contribution in [3.8, 4) is 17.0 Å². The molecule has 0 spiro atoms. The van der Waals surface area contributed by atoms with Gasteiger partial charge in [-0.25, -0.2) is 4.98 Å². The van der Waals surface area contributed by atoms with Gasteiger partial charge in [0.25, 0.3) is 0 Å². The van der Waals surface area contributed by atoms with Crippen LogP contribution in [0.5, 0.6) is 5.75 Å². The average molecular weight is 252 g/mol. The van der Waals surface area contributed by atoms with E-state index in [2.05, 4.69) is 23.5 Å². The Morgan fingerprint density at radius 2 is 1.89 bits per heavy atom. The lowest BCUT2D eigenvalue weighted by molar-refractivity contribution is 0.417. The lowest BCUT2D eigenvalue weighted by Gasteiger charge is -2.05. The number of aromatic nitrogens is 2. The molecule has 0 fully saturated rings. The van der Waals surface area contributed by atoms with Crippen LogP contribution in [0.3, 0.4) is 0 Å². The monoisotopic (exact) mass is 252 g/mol. The molecule has 96 valence electrons. The Bertz CT molecular complexity index is 701. The quantitative estimate of drug-likeness (QED) is 0.712. The largest absolute Gasteiger partial charge is 0.493 e. The van der Waals surface area contributed by atoms with E-state index in [9.17, 15) is 0 Å². The van der Waals surface area contributed by atoms with Crippen molar-refractivity contribution in [1.29, 1.82) is 0 Å². The SMILES string of the molecule is CCc1nc2c(OC)cccn2c1-c1ccccc1. The zero-order valence-corrected chi connectivity index (χ0v) is 11.1. The molecule has 0 aliphatic heterocycles. The van der Waals surface area contributed by atoms with Crippen LogP contribution < -0.4 is 4.74 Å². The maximum Gasteiger partial charge on any atom is 0.180 e. The first kappa shape index (κ1) is 11.8. The molecule has 0 radical (unpaired) electrons. The molecular weight excluding hydrogens is 236 g/mol. The van der Waals surface area contributed by atoms with Crippen molar-refractivity contribution in [2.24, 2.45) is 0 Å². The molecular formula is C16H16N2O. The molecule has 2 aromatic heterocycles. The van der Waals surface area contributed by atoms with Crippen LogP contribution in [-0.2, 0) is 6.42 Å². The predicted molar refractivity (Wildman–Crippen MR) is 76.6 cm³/mol. The second-order valence-electron chi connectivity index (χ2n) is 4.40. The van der Waals surface area contributed by atoms with Gasteiger partial charge in [0.15, 0.2) is 11.4 Å². The van der Waals surface area contributed by atoms with E-state index in [4.69, 9.17) is 9.72 Å². The third kappa shape index (κ3) is 1.87. The maximum atomic E-state index is 5.39. The Kier molecular flexibility index (Phi) is 2.95. The number of methoxy groups -OCH3 is 1. The van der Waals surface area contributed by atoms with Crippen molar-refractivity contribution in [3.63, 3.8) is 0 Å². The van der Waals surface area contributed by atoms with Crippen molar-refractivity contribution >= 4 is 5.65 Å². The fourth-order valence-corrected chi connectivity index (χ4v) is 2.40. The molecule has 19 heavy (non-hydrogen) atoms. The molecule has 0 saturated heterocycles. The van der Waals surface area contributed by atoms with Gasteiger partial charge in [-0.15, -0.1) is 0 Å². The van der Waals surface area contributed by atoms with Gasteiger partial charge in [-0.2, -0.15) is 0 Å². The van der Waals surface area contributed by atoms with Gasteiger partial charge in [0.1, 0.15) is 0 Å². The third-order valence-corrected chi connectivity index (χ3v) is 3.29. The zero-order chi connectivity index (χ0) is 13.2. The summed E-state index contributed by atoms with van der Waals surface area (Å²) in [5.41, 5.74) is 4.30. The van der Waals surface area contributed by atoms with Gasteiger partial charge in [-0.1, -0.05) is 37.3 Å². The van der Waals surface area contributed by atoms with Crippen molar-refractivity contribution in [2.45, 2.75) is 13.3 Å². The van der Waals surface area contributed by atoms with Gasteiger partial charge in [0.05, 0.1) is 18.5 Å². The lowest BCUT2D eigenvalue weighted by atomic mass is 10.1. The maximum absolute atomic E-state index is 5.39. The number of aryl methyl sites for hydroxylation is 1. The highest BCUT2D eigenvalue weighted by atomic mass is 16.5. The Morgan fingerprint density at radius 1 is 1.11 bits per heavy atom. The Labute approximate surface area is 112 Å². The number of hydrogen-bond acceptors (Lipinski definition) is 2. The van der Waals surface area contributed by atoms with Crippen LogP contribution >= 0.6 is 0 Å². The van der Waals surface area contributed by atoms with Crippen LogP contribution in [0, 0.1) is 0 Å². The number of pyridine rings is 1. The number of fused-ring (bicyclic) bond motifs is 1. The molecule has 3 rings (SSSR count). The van der Waals surface area contributed by atoms with Gasteiger partial charge in [-0.3, -0.25) is 4.40 Å². The van der Waals surface area contributed by atoms with Crippen LogP contribution in [0.2, 0.25) is 0 Å². The molecule has 3 aromatic rings. The van der Waals surface area contributed by atoms with E-state index >= 15 is 0 Å². The molecule has 1 aromatic carbocycles. The number of benzene rings is 1. The molecule has 0 amide bonds. The fraction of sp³-hybridized carbons (Fsp3) is 0.188. The molecule has 3 nitrogen and oxygen atoms in total. The number of imidazole rings is 1. The summed E-state index contributed by atoms with van der Waals surface area (Å²) in [4.78, 5) is 4.72. The molecule has 0 aliphatic rings. The summed E-state index contributed by atoms with van der Waals surface area (Å²) in [6.45, 7) is 2.13. The number of rotatable bonds is 3. The van der Waals surface area contributed by atoms with Crippen LogP contribution in [0.15, 0.2) is 48.7 Å². The highest BCUT2D eigenvalue weighted by molar-refractivity contribution is 5.70. The summed E-state index contributed by atoms with van der Waals surface area (Å²) in [6.07, 6.45) is 2.93. The summed E-state index contributed by atoms with van der Waals surface area (Å²) < 4.78 is 7.50. The van der Waals surface area contributed by atoms with Crippen LogP contribution in [0.1, 0.15) is 12.6 Å². The summed E-state index contributed by atoms with van der Waals surface area (Å²) >= 11 is 0. The van der Waals surface area contributed by atoms with Crippen molar-refractivity contribution in [3.05, 3.63) is 54.4 Å². The van der Waals surface area contributed by atoms with Crippen LogP contribution in [-0.4, -0.2) is 16.5 Å². The summed E-state index contributed by atoms with van der Waals surface area (Å²) in [7, 11) is 1.68. The van der Waals surface area contributed by atoms with Gasteiger partial charge < -0.3 is 4.74 Å². The molecule has 0 aliphatic carbocycles. The van der Waals surface area contributed by atoms with E-state index < -0.39 is 0 Å². The van der Waals surface area contributed by atoms with E-state index in [1.807, 2.05) is 36.5 Å². The molecule has 0 N–H and O–H groups in total. The standard InChI is InChI=1S/C16H16N2O/c1-3-13-15(12-8-5-4-6-9-12)18-11-7-10-14(19-2)16(18)17-13/h4-11H,3H2,1-2H3. The molecule has 0 unspecified atom stereocenters. The van der Waals surface area contributed by atoms with Gasteiger partial charge >= 0.3 is 0 Å². The first-order valence-corrected chi connectivity index (χ1v) is 6.44. The van der Waals surface area contributed by atoms with Crippen molar-refractivity contribution in [1.82, 2.24) is 9.38 Å². The van der Waals surface area contributed by atoms with Gasteiger partial charge in [0, 0.05) is 11.8 Å². The highest BCUT2D eigenvalue weighted by Gasteiger charge is 2.14. The van der Waals surface area contributed by atoms with E-state index in [1.165, 1.54) is 5.56 Å².